The van der Waals surface area contributed by atoms with Crippen molar-refractivity contribution in [3.05, 3.63) is 71.8 Å². The standard InChI is InChI=1S/C20H21ClN2O3/c1-4-13-22-18(24)16-7-5-6-8-17(16)23-19(25)20(2,3)26-15-11-9-14(21)10-12-15/h4-12H,1,13H2,2-3H3,(H,22,24)(H,23,25). The van der Waals surface area contributed by atoms with Gasteiger partial charge < -0.3 is 15.4 Å². The number of rotatable bonds is 7. The van der Waals surface area contributed by atoms with Crippen LogP contribution in [0.3, 0.4) is 0 Å². The number of para-hydroxylation sites is 1. The van der Waals surface area contributed by atoms with Crippen molar-refractivity contribution in [2.45, 2.75) is 19.4 Å². The summed E-state index contributed by atoms with van der Waals surface area (Å²) in [6, 6.07) is 13.5. The molecule has 0 bridgehead atoms. The first-order valence-electron chi connectivity index (χ1n) is 8.07. The predicted molar refractivity (Wildman–Crippen MR) is 104 cm³/mol. The molecule has 0 aliphatic rings. The van der Waals surface area contributed by atoms with Gasteiger partial charge in [-0.25, -0.2) is 0 Å². The molecule has 6 heteroatoms. The van der Waals surface area contributed by atoms with Crippen molar-refractivity contribution in [3.8, 4) is 5.75 Å². The van der Waals surface area contributed by atoms with Gasteiger partial charge in [-0.05, 0) is 50.2 Å². The summed E-state index contributed by atoms with van der Waals surface area (Å²) in [6.07, 6.45) is 1.59. The SMILES string of the molecule is C=CCNC(=O)c1ccccc1NC(=O)C(C)(C)Oc1ccc(Cl)cc1. The van der Waals surface area contributed by atoms with E-state index in [9.17, 15) is 9.59 Å². The molecule has 5 nitrogen and oxygen atoms in total. The fourth-order valence-electron chi connectivity index (χ4n) is 2.17. The number of ether oxygens (including phenoxy) is 1. The van der Waals surface area contributed by atoms with Gasteiger partial charge in [-0.2, -0.15) is 0 Å². The van der Waals surface area contributed by atoms with Crippen LogP contribution in [0.25, 0.3) is 0 Å². The molecule has 2 aromatic carbocycles. The van der Waals surface area contributed by atoms with E-state index < -0.39 is 5.60 Å². The zero-order valence-corrected chi connectivity index (χ0v) is 15.5. The quantitative estimate of drug-likeness (QED) is 0.720. The average molecular weight is 373 g/mol. The highest BCUT2D eigenvalue weighted by atomic mass is 35.5. The van der Waals surface area contributed by atoms with Gasteiger partial charge >= 0.3 is 0 Å². The van der Waals surface area contributed by atoms with Crippen LogP contribution in [0.2, 0.25) is 5.02 Å². The summed E-state index contributed by atoms with van der Waals surface area (Å²) < 4.78 is 5.77. The number of carbonyl (C=O) groups excluding carboxylic acids is 2. The second-order valence-corrected chi connectivity index (χ2v) is 6.50. The molecule has 26 heavy (non-hydrogen) atoms. The number of carbonyl (C=O) groups is 2. The molecule has 0 spiro atoms. The second-order valence-electron chi connectivity index (χ2n) is 6.06. The zero-order chi connectivity index (χ0) is 19.2. The predicted octanol–water partition coefficient (Wildman–Crippen LogP) is 4.05. The molecule has 0 fully saturated rings. The maximum Gasteiger partial charge on any atom is 0.267 e. The molecule has 0 saturated carbocycles. The van der Waals surface area contributed by atoms with E-state index in [-0.39, 0.29) is 11.8 Å². The normalized spacial score (nSPS) is 10.7. The Kier molecular flexibility index (Phi) is 6.41. The third kappa shape index (κ3) is 5.10. The molecule has 2 rings (SSSR count). The first-order chi connectivity index (χ1) is 12.3. The van der Waals surface area contributed by atoms with Crippen LogP contribution in [0.1, 0.15) is 24.2 Å². The monoisotopic (exact) mass is 372 g/mol. The van der Waals surface area contributed by atoms with E-state index in [0.29, 0.717) is 28.6 Å². The van der Waals surface area contributed by atoms with E-state index in [2.05, 4.69) is 17.2 Å². The smallest absolute Gasteiger partial charge is 0.267 e. The minimum Gasteiger partial charge on any atom is -0.478 e. The van der Waals surface area contributed by atoms with E-state index in [0.717, 1.165) is 0 Å². The van der Waals surface area contributed by atoms with Gasteiger partial charge in [0, 0.05) is 11.6 Å². The van der Waals surface area contributed by atoms with Gasteiger partial charge in [-0.3, -0.25) is 9.59 Å². The summed E-state index contributed by atoms with van der Waals surface area (Å²) in [7, 11) is 0. The molecule has 0 aliphatic carbocycles. The van der Waals surface area contributed by atoms with Crippen molar-refractivity contribution in [2.75, 3.05) is 11.9 Å². The molecular formula is C20H21ClN2O3. The summed E-state index contributed by atoms with van der Waals surface area (Å²) >= 11 is 5.86. The number of amides is 2. The number of halogens is 1. The van der Waals surface area contributed by atoms with E-state index in [1.54, 1.807) is 68.5 Å². The fraction of sp³-hybridized carbons (Fsp3) is 0.200. The second kappa shape index (κ2) is 8.54. The molecule has 0 saturated heterocycles. The summed E-state index contributed by atoms with van der Waals surface area (Å²) in [5, 5.41) is 6.04. The summed E-state index contributed by atoms with van der Waals surface area (Å²) in [6.45, 7) is 7.21. The molecule has 2 amide bonds. The van der Waals surface area contributed by atoms with Crippen molar-refractivity contribution >= 4 is 29.1 Å². The first-order valence-corrected chi connectivity index (χ1v) is 8.45. The van der Waals surface area contributed by atoms with Gasteiger partial charge in [-0.1, -0.05) is 29.8 Å². The van der Waals surface area contributed by atoms with Crippen LogP contribution in [-0.2, 0) is 4.79 Å². The minimum atomic E-state index is -1.15. The molecule has 0 aliphatic heterocycles. The van der Waals surface area contributed by atoms with E-state index in [1.807, 2.05) is 0 Å². The Hall–Kier alpha value is -2.79. The van der Waals surface area contributed by atoms with Crippen molar-refractivity contribution in [1.82, 2.24) is 5.32 Å². The Morgan fingerprint density at radius 1 is 1.15 bits per heavy atom. The lowest BCUT2D eigenvalue weighted by Crippen LogP contribution is -2.43. The third-order valence-corrected chi connectivity index (χ3v) is 3.81. The largest absolute Gasteiger partial charge is 0.478 e. The van der Waals surface area contributed by atoms with Crippen molar-refractivity contribution < 1.29 is 14.3 Å². The lowest BCUT2D eigenvalue weighted by molar-refractivity contribution is -0.128. The van der Waals surface area contributed by atoms with Gasteiger partial charge in [0.05, 0.1) is 11.3 Å². The van der Waals surface area contributed by atoms with Crippen molar-refractivity contribution in [2.24, 2.45) is 0 Å². The topological polar surface area (TPSA) is 67.4 Å². The van der Waals surface area contributed by atoms with E-state index in [1.165, 1.54) is 0 Å². The van der Waals surface area contributed by atoms with Crippen LogP contribution in [0, 0.1) is 0 Å². The number of anilines is 1. The Balaban J connectivity index is 2.14. The summed E-state index contributed by atoms with van der Waals surface area (Å²) in [5.41, 5.74) is -0.379. The van der Waals surface area contributed by atoms with Crippen LogP contribution in [0.5, 0.6) is 5.75 Å². The average Bonchev–Trinajstić information content (AvgIpc) is 2.62. The van der Waals surface area contributed by atoms with E-state index in [4.69, 9.17) is 16.3 Å². The molecule has 2 aromatic rings. The Bertz CT molecular complexity index is 801. The van der Waals surface area contributed by atoms with Gasteiger partial charge in [0.15, 0.2) is 5.60 Å². The number of benzene rings is 2. The zero-order valence-electron chi connectivity index (χ0n) is 14.7. The minimum absolute atomic E-state index is 0.294. The molecule has 0 radical (unpaired) electrons. The molecule has 2 N–H and O–H groups in total. The van der Waals surface area contributed by atoms with Gasteiger partial charge in [-0.15, -0.1) is 6.58 Å². The highest BCUT2D eigenvalue weighted by molar-refractivity contribution is 6.30. The van der Waals surface area contributed by atoms with Gasteiger partial charge in [0.1, 0.15) is 5.75 Å². The number of hydrogen-bond donors (Lipinski definition) is 2. The number of nitrogens with one attached hydrogen (secondary N) is 2. The highest BCUT2D eigenvalue weighted by Crippen LogP contribution is 2.23. The summed E-state index contributed by atoms with van der Waals surface area (Å²) in [4.78, 5) is 24.9. The Morgan fingerprint density at radius 2 is 1.81 bits per heavy atom. The van der Waals surface area contributed by atoms with Crippen LogP contribution in [-0.4, -0.2) is 24.0 Å². The third-order valence-electron chi connectivity index (χ3n) is 3.56. The van der Waals surface area contributed by atoms with Gasteiger partial charge in [0.25, 0.3) is 11.8 Å². The van der Waals surface area contributed by atoms with Crippen molar-refractivity contribution in [3.63, 3.8) is 0 Å². The number of hydrogen-bond acceptors (Lipinski definition) is 3. The molecule has 0 heterocycles. The lowest BCUT2D eigenvalue weighted by Gasteiger charge is -2.26. The maximum atomic E-state index is 12.7. The highest BCUT2D eigenvalue weighted by Gasteiger charge is 2.31. The molecule has 0 unspecified atom stereocenters. The molecular weight excluding hydrogens is 352 g/mol. The maximum absolute atomic E-state index is 12.7. The van der Waals surface area contributed by atoms with Crippen LogP contribution in [0.4, 0.5) is 5.69 Å². The molecule has 0 atom stereocenters. The van der Waals surface area contributed by atoms with Crippen LogP contribution < -0.4 is 15.4 Å². The summed E-state index contributed by atoms with van der Waals surface area (Å²) in [5.74, 6) is -0.153. The molecule has 0 aromatic heterocycles. The van der Waals surface area contributed by atoms with E-state index >= 15 is 0 Å². The fourth-order valence-corrected chi connectivity index (χ4v) is 2.29. The Labute approximate surface area is 158 Å². The van der Waals surface area contributed by atoms with Gasteiger partial charge in [0.2, 0.25) is 0 Å². The Morgan fingerprint density at radius 3 is 2.46 bits per heavy atom. The lowest BCUT2D eigenvalue weighted by atomic mass is 10.1. The van der Waals surface area contributed by atoms with Crippen LogP contribution >= 0.6 is 11.6 Å². The first kappa shape index (κ1) is 19.5. The van der Waals surface area contributed by atoms with Crippen molar-refractivity contribution in [1.29, 1.82) is 0 Å². The van der Waals surface area contributed by atoms with Crippen LogP contribution in [0.15, 0.2) is 61.2 Å². The molecule has 136 valence electrons.